The molecule has 1 heterocycles. The second kappa shape index (κ2) is 17.4. The number of benzene rings is 5. The normalized spacial score (nSPS) is 18.7. The van der Waals surface area contributed by atoms with Crippen molar-refractivity contribution in [2.45, 2.75) is 68.8 Å². The number of aliphatic hydroxyl groups is 1. The van der Waals surface area contributed by atoms with Crippen molar-refractivity contribution in [1.29, 1.82) is 0 Å². The number of aryl methyl sites for hydroxylation is 1. The van der Waals surface area contributed by atoms with Crippen LogP contribution in [0, 0.1) is 6.92 Å². The summed E-state index contributed by atoms with van der Waals surface area (Å²) in [5, 5.41) is 12.6. The summed E-state index contributed by atoms with van der Waals surface area (Å²) in [6, 6.07) is 40.3. The van der Waals surface area contributed by atoms with E-state index in [2.05, 4.69) is 41.0 Å². The van der Waals surface area contributed by atoms with Gasteiger partial charge in [-0.3, -0.25) is 9.69 Å². The van der Waals surface area contributed by atoms with E-state index in [1.165, 1.54) is 17.7 Å². The van der Waals surface area contributed by atoms with Crippen LogP contribution in [-0.2, 0) is 37.3 Å². The Bertz CT molecular complexity index is 2040. The molecule has 5 atom stereocenters. The Morgan fingerprint density at radius 2 is 1.51 bits per heavy atom. The Labute approximate surface area is 312 Å². The Balaban J connectivity index is 1.23. The van der Waals surface area contributed by atoms with Gasteiger partial charge in [-0.1, -0.05) is 115 Å². The first-order valence-electron chi connectivity index (χ1n) is 17.9. The third-order valence-electron chi connectivity index (χ3n) is 9.70. The minimum Gasteiger partial charge on any atom is -0.392 e. The van der Waals surface area contributed by atoms with Gasteiger partial charge in [0.2, 0.25) is 15.9 Å². The molecule has 6 rings (SSSR count). The van der Waals surface area contributed by atoms with Crippen molar-refractivity contribution in [2.75, 3.05) is 18.9 Å². The highest BCUT2D eigenvalue weighted by Gasteiger charge is 2.34. The monoisotopic (exact) mass is 733 g/mol. The van der Waals surface area contributed by atoms with Crippen molar-refractivity contribution in [1.82, 2.24) is 9.62 Å². The van der Waals surface area contributed by atoms with Gasteiger partial charge in [0.25, 0.3) is 0 Å². The second-order valence-corrected chi connectivity index (χ2v) is 15.4. The van der Waals surface area contributed by atoms with Crippen molar-refractivity contribution in [3.05, 3.63) is 167 Å². The number of carbonyl (C=O) groups excluding carboxylic acids is 1. The molecule has 1 amide bonds. The lowest BCUT2D eigenvalue weighted by Gasteiger charge is -2.39. The fraction of sp³-hybridized carbons (Fsp3) is 0.279. The van der Waals surface area contributed by atoms with Crippen molar-refractivity contribution in [3.63, 3.8) is 0 Å². The number of nitrogens with zero attached hydrogens (tertiary/aromatic N) is 1. The number of anilines is 1. The van der Waals surface area contributed by atoms with E-state index in [9.17, 15) is 18.3 Å². The van der Waals surface area contributed by atoms with Crippen LogP contribution in [-0.4, -0.2) is 50.1 Å². The number of nitrogens with one attached hydrogen (secondary N) is 2. The van der Waals surface area contributed by atoms with Crippen LogP contribution in [0.4, 0.5) is 5.69 Å². The Kier molecular flexibility index (Phi) is 12.5. The molecule has 1 saturated heterocycles. The van der Waals surface area contributed by atoms with Gasteiger partial charge in [-0.05, 0) is 73.8 Å². The number of carbonyl (C=O) groups is 1. The maximum Gasteiger partial charge on any atom is 0.242 e. The molecule has 5 aromatic carbocycles. The van der Waals surface area contributed by atoms with Crippen molar-refractivity contribution >= 4 is 21.6 Å². The maximum atomic E-state index is 13.9. The molecular formula is C43H47N3O6S. The lowest BCUT2D eigenvalue weighted by Crippen LogP contribution is -2.45. The minimum atomic E-state index is -4.00. The molecule has 0 aromatic heterocycles. The first-order chi connectivity index (χ1) is 25.6. The highest BCUT2D eigenvalue weighted by atomic mass is 32.2. The standard InChI is InChI=1S/C43H47N3O6S/c1-30-17-23-39(24-18-30)53(49,50)45-40(25-32-11-6-4-7-12-32)42(48)44-37-16-10-15-36(26-37)43-51-38(28-46(3)31(2)34-13-8-5-9-14-34)27-41(52-43)35-21-19-33(29-47)20-22-35/h4-24,26,31,38,40-41,43,45,47H,25,27-29H2,1-3H3,(H,44,48)/t31-,38-,40+,41+,43+/m0/s1. The Hall–Kier alpha value is -4.68. The molecule has 10 heteroatoms. The number of aliphatic hydroxyl groups excluding tert-OH is 1. The summed E-state index contributed by atoms with van der Waals surface area (Å²) < 4.78 is 42.7. The highest BCUT2D eigenvalue weighted by Crippen LogP contribution is 2.39. The summed E-state index contributed by atoms with van der Waals surface area (Å²) in [6.07, 6.45) is -0.429. The summed E-state index contributed by atoms with van der Waals surface area (Å²) in [7, 11) is -1.92. The van der Waals surface area contributed by atoms with Crippen molar-refractivity contribution in [2.24, 2.45) is 0 Å². The largest absolute Gasteiger partial charge is 0.392 e. The van der Waals surface area contributed by atoms with E-state index < -0.39 is 28.3 Å². The van der Waals surface area contributed by atoms with Crippen LogP contribution < -0.4 is 10.0 Å². The zero-order valence-electron chi connectivity index (χ0n) is 30.3. The number of hydrogen-bond donors (Lipinski definition) is 3. The minimum absolute atomic E-state index is 0.0412. The molecule has 276 valence electrons. The van der Waals surface area contributed by atoms with Gasteiger partial charge < -0.3 is 19.9 Å². The summed E-state index contributed by atoms with van der Waals surface area (Å²) in [5.74, 6) is -0.497. The third kappa shape index (κ3) is 10.1. The summed E-state index contributed by atoms with van der Waals surface area (Å²) >= 11 is 0. The predicted octanol–water partition coefficient (Wildman–Crippen LogP) is 7.25. The van der Waals surface area contributed by atoms with Gasteiger partial charge in [0.05, 0.1) is 23.7 Å². The predicted molar refractivity (Wildman–Crippen MR) is 206 cm³/mol. The third-order valence-corrected chi connectivity index (χ3v) is 11.2. The van der Waals surface area contributed by atoms with Crippen LogP contribution in [0.1, 0.15) is 65.2 Å². The average Bonchev–Trinajstić information content (AvgIpc) is 3.18. The van der Waals surface area contributed by atoms with E-state index in [1.807, 2.05) is 91.9 Å². The highest BCUT2D eigenvalue weighted by molar-refractivity contribution is 7.89. The van der Waals surface area contributed by atoms with E-state index in [0.29, 0.717) is 24.2 Å². The van der Waals surface area contributed by atoms with E-state index in [0.717, 1.165) is 22.3 Å². The summed E-state index contributed by atoms with van der Waals surface area (Å²) in [6.45, 7) is 4.67. The van der Waals surface area contributed by atoms with Crippen LogP contribution in [0.15, 0.2) is 138 Å². The first-order valence-corrected chi connectivity index (χ1v) is 19.4. The molecular weight excluding hydrogens is 687 g/mol. The molecule has 0 aliphatic carbocycles. The molecule has 5 aromatic rings. The van der Waals surface area contributed by atoms with Crippen molar-refractivity contribution in [3.8, 4) is 0 Å². The number of likely N-dealkylation sites (N-methyl/N-ethyl adjacent to an activating group) is 1. The molecule has 0 radical (unpaired) electrons. The number of sulfonamides is 1. The first kappa shape index (κ1) is 38.1. The van der Waals surface area contributed by atoms with Gasteiger partial charge in [-0.2, -0.15) is 4.72 Å². The second-order valence-electron chi connectivity index (χ2n) is 13.7. The number of amides is 1. The average molecular weight is 734 g/mol. The topological polar surface area (TPSA) is 117 Å². The molecule has 0 saturated carbocycles. The number of rotatable bonds is 14. The van der Waals surface area contributed by atoms with Gasteiger partial charge >= 0.3 is 0 Å². The molecule has 0 spiro atoms. The number of ether oxygens (including phenoxy) is 2. The zero-order chi connectivity index (χ0) is 37.4. The molecule has 53 heavy (non-hydrogen) atoms. The zero-order valence-corrected chi connectivity index (χ0v) is 31.1. The van der Waals surface area contributed by atoms with Crippen molar-refractivity contribution < 1.29 is 27.8 Å². The van der Waals surface area contributed by atoms with Gasteiger partial charge in [0.15, 0.2) is 6.29 Å². The van der Waals surface area contributed by atoms with Gasteiger partial charge in [0, 0.05) is 30.3 Å². The maximum absolute atomic E-state index is 13.9. The molecule has 0 bridgehead atoms. The summed E-state index contributed by atoms with van der Waals surface area (Å²) in [5.41, 5.74) is 5.95. The molecule has 9 nitrogen and oxygen atoms in total. The fourth-order valence-corrected chi connectivity index (χ4v) is 7.70. The van der Waals surface area contributed by atoms with Crippen LogP contribution in [0.5, 0.6) is 0 Å². The molecule has 0 unspecified atom stereocenters. The quantitative estimate of drug-likeness (QED) is 0.110. The molecule has 1 fully saturated rings. The lowest BCUT2D eigenvalue weighted by atomic mass is 9.99. The van der Waals surface area contributed by atoms with Crippen LogP contribution >= 0.6 is 0 Å². The van der Waals surface area contributed by atoms with Crippen LogP contribution in [0.3, 0.4) is 0 Å². The van der Waals surface area contributed by atoms with E-state index in [4.69, 9.17) is 9.47 Å². The molecule has 1 aliphatic heterocycles. The smallest absolute Gasteiger partial charge is 0.242 e. The number of hydrogen-bond acceptors (Lipinski definition) is 7. The SMILES string of the molecule is Cc1ccc(S(=O)(=O)N[C@H](Cc2ccccc2)C(=O)Nc2cccc([C@@H]3O[C@H](CN(C)[C@@H](C)c4ccccc4)C[C@H](c4ccc(CO)cc4)O3)c2)cc1. The summed E-state index contributed by atoms with van der Waals surface area (Å²) in [4.78, 5) is 16.2. The molecule has 3 N–H and O–H groups in total. The van der Waals surface area contributed by atoms with Gasteiger partial charge in [0.1, 0.15) is 6.04 Å². The van der Waals surface area contributed by atoms with Crippen LogP contribution in [0.25, 0.3) is 0 Å². The van der Waals surface area contributed by atoms with Crippen LogP contribution in [0.2, 0.25) is 0 Å². The van der Waals surface area contributed by atoms with E-state index in [-0.39, 0.29) is 36.2 Å². The lowest BCUT2D eigenvalue weighted by molar-refractivity contribution is -0.253. The molecule has 1 aliphatic rings. The Morgan fingerprint density at radius 1 is 0.830 bits per heavy atom. The fourth-order valence-electron chi connectivity index (χ4n) is 6.50. The Morgan fingerprint density at radius 3 is 2.19 bits per heavy atom. The van der Waals surface area contributed by atoms with E-state index in [1.54, 1.807) is 24.3 Å². The van der Waals surface area contributed by atoms with E-state index >= 15 is 0 Å². The van der Waals surface area contributed by atoms with Gasteiger partial charge in [-0.15, -0.1) is 0 Å². The van der Waals surface area contributed by atoms with Gasteiger partial charge in [-0.25, -0.2) is 8.42 Å².